The molecule has 1 fully saturated rings. The first-order valence-electron chi connectivity index (χ1n) is 6.66. The second-order valence-electron chi connectivity index (χ2n) is 4.64. The maximum Gasteiger partial charge on any atom is 0.255 e. The lowest BCUT2D eigenvalue weighted by Gasteiger charge is -2.20. The van der Waals surface area contributed by atoms with Gasteiger partial charge in [0.2, 0.25) is 5.88 Å². The monoisotopic (exact) mass is 264 g/mol. The van der Waals surface area contributed by atoms with Crippen LogP contribution in [-0.4, -0.2) is 48.7 Å². The van der Waals surface area contributed by atoms with Gasteiger partial charge < -0.3 is 14.4 Å². The van der Waals surface area contributed by atoms with Crippen molar-refractivity contribution in [1.29, 1.82) is 0 Å². The van der Waals surface area contributed by atoms with Gasteiger partial charge in [-0.1, -0.05) is 0 Å². The second-order valence-corrected chi connectivity index (χ2v) is 4.64. The minimum atomic E-state index is -0.0361. The van der Waals surface area contributed by atoms with E-state index in [4.69, 9.17) is 9.47 Å². The fourth-order valence-corrected chi connectivity index (χ4v) is 2.14. The summed E-state index contributed by atoms with van der Waals surface area (Å²) in [7, 11) is 1.79. The van der Waals surface area contributed by atoms with Crippen molar-refractivity contribution in [3.05, 3.63) is 23.9 Å². The molecule has 2 heterocycles. The van der Waals surface area contributed by atoms with Crippen LogP contribution in [0.5, 0.6) is 5.88 Å². The number of aromatic nitrogens is 1. The zero-order chi connectivity index (χ0) is 13.7. The van der Waals surface area contributed by atoms with Crippen molar-refractivity contribution in [1.82, 2.24) is 9.88 Å². The Morgan fingerprint density at radius 2 is 2.42 bits per heavy atom. The number of hydrogen-bond donors (Lipinski definition) is 0. The van der Waals surface area contributed by atoms with Gasteiger partial charge in [-0.15, -0.1) is 0 Å². The molecule has 1 saturated heterocycles. The third kappa shape index (κ3) is 3.67. The molecule has 0 saturated carbocycles. The lowest BCUT2D eigenvalue weighted by molar-refractivity contribution is 0.0586. The first-order valence-corrected chi connectivity index (χ1v) is 6.66. The zero-order valence-electron chi connectivity index (χ0n) is 11.5. The Morgan fingerprint density at radius 1 is 1.58 bits per heavy atom. The number of nitrogens with zero attached hydrogens (tertiary/aromatic N) is 2. The van der Waals surface area contributed by atoms with Crippen LogP contribution in [0.25, 0.3) is 0 Å². The summed E-state index contributed by atoms with van der Waals surface area (Å²) in [6.07, 6.45) is 3.83. The number of rotatable bonds is 5. The van der Waals surface area contributed by atoms with Crippen molar-refractivity contribution in [2.45, 2.75) is 25.9 Å². The van der Waals surface area contributed by atoms with Crippen molar-refractivity contribution in [3.63, 3.8) is 0 Å². The molecular weight excluding hydrogens is 244 g/mol. The van der Waals surface area contributed by atoms with E-state index >= 15 is 0 Å². The highest BCUT2D eigenvalue weighted by atomic mass is 16.5. The van der Waals surface area contributed by atoms with Crippen molar-refractivity contribution in [2.24, 2.45) is 0 Å². The number of carbonyl (C=O) groups excluding carboxylic acids is 1. The van der Waals surface area contributed by atoms with Crippen molar-refractivity contribution in [3.8, 4) is 5.88 Å². The number of hydrogen-bond acceptors (Lipinski definition) is 4. The fourth-order valence-electron chi connectivity index (χ4n) is 2.14. The molecule has 1 amide bonds. The van der Waals surface area contributed by atoms with Crippen LogP contribution in [0, 0.1) is 0 Å². The molecule has 1 unspecified atom stereocenters. The van der Waals surface area contributed by atoms with Gasteiger partial charge in [0.05, 0.1) is 18.3 Å². The van der Waals surface area contributed by atoms with E-state index in [2.05, 4.69) is 4.98 Å². The van der Waals surface area contributed by atoms with Crippen LogP contribution in [0.1, 0.15) is 30.1 Å². The van der Waals surface area contributed by atoms with Gasteiger partial charge in [0.15, 0.2) is 0 Å². The predicted molar refractivity (Wildman–Crippen MR) is 71.3 cm³/mol. The Morgan fingerprint density at radius 3 is 3.00 bits per heavy atom. The molecule has 104 valence electrons. The smallest absolute Gasteiger partial charge is 0.255 e. The summed E-state index contributed by atoms with van der Waals surface area (Å²) >= 11 is 0. The van der Waals surface area contributed by atoms with Gasteiger partial charge in [-0.25, -0.2) is 4.98 Å². The largest absolute Gasteiger partial charge is 0.478 e. The fraction of sp³-hybridized carbons (Fsp3) is 0.571. The predicted octanol–water partition coefficient (Wildman–Crippen LogP) is 1.73. The number of likely N-dealkylation sites (N-methyl/N-ethyl adjacent to an activating group) is 1. The third-order valence-electron chi connectivity index (χ3n) is 3.12. The third-order valence-corrected chi connectivity index (χ3v) is 3.12. The lowest BCUT2D eigenvalue weighted by atomic mass is 10.2. The Labute approximate surface area is 113 Å². The molecule has 0 aromatic carbocycles. The Kier molecular flexibility index (Phi) is 4.74. The van der Waals surface area contributed by atoms with Gasteiger partial charge in [-0.3, -0.25) is 4.79 Å². The molecule has 5 heteroatoms. The Bertz CT molecular complexity index is 413. The lowest BCUT2D eigenvalue weighted by Crippen LogP contribution is -2.34. The van der Waals surface area contributed by atoms with Crippen molar-refractivity contribution in [2.75, 3.05) is 26.8 Å². The molecule has 5 nitrogen and oxygen atoms in total. The maximum atomic E-state index is 12.2. The van der Waals surface area contributed by atoms with E-state index in [1.807, 2.05) is 6.92 Å². The molecule has 2 rings (SSSR count). The summed E-state index contributed by atoms with van der Waals surface area (Å²) in [4.78, 5) is 18.0. The van der Waals surface area contributed by atoms with E-state index in [1.165, 1.54) is 0 Å². The van der Waals surface area contributed by atoms with Crippen LogP contribution in [0.2, 0.25) is 0 Å². The average Bonchev–Trinajstić information content (AvgIpc) is 2.92. The maximum absolute atomic E-state index is 12.2. The molecule has 1 aliphatic heterocycles. The highest BCUT2D eigenvalue weighted by Gasteiger charge is 2.20. The topological polar surface area (TPSA) is 51.7 Å². The molecule has 0 bridgehead atoms. The molecule has 19 heavy (non-hydrogen) atoms. The molecule has 0 spiro atoms. The van der Waals surface area contributed by atoms with E-state index in [9.17, 15) is 4.79 Å². The molecule has 0 aliphatic carbocycles. The zero-order valence-corrected chi connectivity index (χ0v) is 11.5. The van der Waals surface area contributed by atoms with Gasteiger partial charge >= 0.3 is 0 Å². The first kappa shape index (κ1) is 13.8. The standard InChI is InChI=1S/C14H20N2O3/c1-3-18-13-7-6-11(9-15-13)14(17)16(2)10-12-5-4-8-19-12/h6-7,9,12H,3-5,8,10H2,1-2H3. The van der Waals surface area contributed by atoms with Gasteiger partial charge in [-0.05, 0) is 25.8 Å². The van der Waals surface area contributed by atoms with Gasteiger partial charge in [0, 0.05) is 32.5 Å². The van der Waals surface area contributed by atoms with Crippen LogP contribution in [-0.2, 0) is 4.74 Å². The van der Waals surface area contributed by atoms with Crippen molar-refractivity contribution < 1.29 is 14.3 Å². The second kappa shape index (κ2) is 6.52. The molecule has 0 radical (unpaired) electrons. The van der Waals surface area contributed by atoms with Gasteiger partial charge in [-0.2, -0.15) is 0 Å². The Balaban J connectivity index is 1.93. The van der Waals surface area contributed by atoms with E-state index in [0.717, 1.165) is 19.4 Å². The molecule has 1 aromatic heterocycles. The quantitative estimate of drug-likeness (QED) is 0.812. The minimum absolute atomic E-state index is 0.0361. The molecular formula is C14H20N2O3. The summed E-state index contributed by atoms with van der Waals surface area (Å²) < 4.78 is 10.8. The molecule has 1 atom stereocenters. The Hall–Kier alpha value is -1.62. The number of pyridine rings is 1. The average molecular weight is 264 g/mol. The summed E-state index contributed by atoms with van der Waals surface area (Å²) in [6, 6.07) is 3.46. The number of amides is 1. The minimum Gasteiger partial charge on any atom is -0.478 e. The van der Waals surface area contributed by atoms with E-state index in [-0.39, 0.29) is 12.0 Å². The van der Waals surface area contributed by atoms with Gasteiger partial charge in [0.25, 0.3) is 5.91 Å². The number of carbonyl (C=O) groups is 1. The van der Waals surface area contributed by atoms with Gasteiger partial charge in [0.1, 0.15) is 0 Å². The van der Waals surface area contributed by atoms with E-state index in [0.29, 0.717) is 24.6 Å². The van der Waals surface area contributed by atoms with Crippen LogP contribution < -0.4 is 4.74 Å². The van der Waals surface area contributed by atoms with Crippen LogP contribution in [0.15, 0.2) is 18.3 Å². The van der Waals surface area contributed by atoms with Crippen LogP contribution in [0.3, 0.4) is 0 Å². The van der Waals surface area contributed by atoms with E-state index < -0.39 is 0 Å². The van der Waals surface area contributed by atoms with Crippen LogP contribution in [0.4, 0.5) is 0 Å². The first-order chi connectivity index (χ1) is 9.20. The molecule has 0 N–H and O–H groups in total. The SMILES string of the molecule is CCOc1ccc(C(=O)N(C)CC2CCCO2)cn1. The van der Waals surface area contributed by atoms with Crippen molar-refractivity contribution >= 4 is 5.91 Å². The van der Waals surface area contributed by atoms with Crippen LogP contribution >= 0.6 is 0 Å². The molecule has 1 aliphatic rings. The molecule has 1 aromatic rings. The normalized spacial score (nSPS) is 18.3. The highest BCUT2D eigenvalue weighted by molar-refractivity contribution is 5.93. The summed E-state index contributed by atoms with van der Waals surface area (Å²) in [5.41, 5.74) is 0.573. The summed E-state index contributed by atoms with van der Waals surface area (Å²) in [5, 5.41) is 0. The summed E-state index contributed by atoms with van der Waals surface area (Å²) in [5.74, 6) is 0.506. The summed E-state index contributed by atoms with van der Waals surface area (Å²) in [6.45, 7) is 3.90. The highest BCUT2D eigenvalue weighted by Crippen LogP contribution is 2.14. The number of ether oxygens (including phenoxy) is 2. The van der Waals surface area contributed by atoms with E-state index in [1.54, 1.807) is 30.3 Å².